The lowest BCUT2D eigenvalue weighted by atomic mass is 9.92. The molecule has 1 aromatic carbocycles. The van der Waals surface area contributed by atoms with Crippen molar-refractivity contribution < 1.29 is 0 Å². The molecule has 0 aliphatic heterocycles. The molecule has 0 bridgehead atoms. The molecule has 0 aliphatic rings. The van der Waals surface area contributed by atoms with Crippen molar-refractivity contribution in [3.63, 3.8) is 0 Å². The summed E-state index contributed by atoms with van der Waals surface area (Å²) in [5.41, 5.74) is 7.70. The Balaban J connectivity index is 2.93. The summed E-state index contributed by atoms with van der Waals surface area (Å²) in [6.45, 7) is 9.06. The maximum absolute atomic E-state index is 8.96. The Kier molecular flexibility index (Phi) is 5.18. The van der Waals surface area contributed by atoms with Crippen molar-refractivity contribution in [3.05, 3.63) is 29.8 Å². The maximum Gasteiger partial charge on any atom is 0.0992 e. The van der Waals surface area contributed by atoms with E-state index in [4.69, 9.17) is 11.0 Å². The topological polar surface area (TPSA) is 53.0 Å². The molecule has 3 nitrogen and oxygen atoms in total. The first-order valence-corrected chi connectivity index (χ1v) is 6.47. The average molecular weight is 245 g/mol. The number of nitriles is 1. The van der Waals surface area contributed by atoms with Gasteiger partial charge in [-0.2, -0.15) is 5.26 Å². The third kappa shape index (κ3) is 4.05. The molecule has 1 aromatic rings. The maximum atomic E-state index is 8.96. The minimum absolute atomic E-state index is 0.0812. The van der Waals surface area contributed by atoms with Crippen LogP contribution in [0.15, 0.2) is 24.3 Å². The Labute approximate surface area is 110 Å². The van der Waals surface area contributed by atoms with Crippen molar-refractivity contribution in [1.82, 2.24) is 0 Å². The van der Waals surface area contributed by atoms with E-state index in [0.717, 1.165) is 25.2 Å². The highest BCUT2D eigenvalue weighted by Gasteiger charge is 2.20. The second kappa shape index (κ2) is 6.42. The van der Waals surface area contributed by atoms with E-state index >= 15 is 0 Å². The number of hydrogen-bond donors (Lipinski definition) is 1. The highest BCUT2D eigenvalue weighted by Crippen LogP contribution is 2.22. The summed E-state index contributed by atoms with van der Waals surface area (Å²) in [4.78, 5) is 2.31. The summed E-state index contributed by atoms with van der Waals surface area (Å²) < 4.78 is 0. The van der Waals surface area contributed by atoms with Crippen LogP contribution < -0.4 is 10.6 Å². The largest absolute Gasteiger partial charge is 0.371 e. The summed E-state index contributed by atoms with van der Waals surface area (Å²) in [6.07, 6.45) is 1.08. The SMILES string of the molecule is CCCN(CC(C)(C)CN)c1cccc(C#N)c1. The number of rotatable bonds is 6. The normalized spacial score (nSPS) is 11.1. The Bertz CT molecular complexity index is 418. The first kappa shape index (κ1) is 14.5. The zero-order valence-electron chi connectivity index (χ0n) is 11.6. The molecule has 0 spiro atoms. The van der Waals surface area contributed by atoms with Crippen LogP contribution in [-0.4, -0.2) is 19.6 Å². The number of anilines is 1. The molecule has 0 unspecified atom stereocenters. The van der Waals surface area contributed by atoms with E-state index in [9.17, 15) is 0 Å². The fourth-order valence-corrected chi connectivity index (χ4v) is 1.92. The molecule has 18 heavy (non-hydrogen) atoms. The second-order valence-corrected chi connectivity index (χ2v) is 5.45. The van der Waals surface area contributed by atoms with Gasteiger partial charge in [-0.15, -0.1) is 0 Å². The highest BCUT2D eigenvalue weighted by molar-refractivity contribution is 5.51. The molecule has 98 valence electrons. The lowest BCUT2D eigenvalue weighted by Crippen LogP contribution is -2.39. The van der Waals surface area contributed by atoms with E-state index in [1.54, 1.807) is 0 Å². The van der Waals surface area contributed by atoms with Crippen molar-refractivity contribution in [2.24, 2.45) is 11.1 Å². The minimum Gasteiger partial charge on any atom is -0.371 e. The third-order valence-corrected chi connectivity index (χ3v) is 3.01. The van der Waals surface area contributed by atoms with Gasteiger partial charge in [-0.25, -0.2) is 0 Å². The van der Waals surface area contributed by atoms with Crippen molar-refractivity contribution in [3.8, 4) is 6.07 Å². The van der Waals surface area contributed by atoms with Gasteiger partial charge in [0.2, 0.25) is 0 Å². The molecule has 0 heterocycles. The molecule has 0 amide bonds. The summed E-state index contributed by atoms with van der Waals surface area (Å²) in [7, 11) is 0. The summed E-state index contributed by atoms with van der Waals surface area (Å²) in [6, 6.07) is 9.97. The van der Waals surface area contributed by atoms with Gasteiger partial charge in [-0.05, 0) is 36.6 Å². The fourth-order valence-electron chi connectivity index (χ4n) is 1.92. The van der Waals surface area contributed by atoms with Crippen molar-refractivity contribution in [2.45, 2.75) is 27.2 Å². The van der Waals surface area contributed by atoms with Crippen LogP contribution in [-0.2, 0) is 0 Å². The molecule has 0 saturated heterocycles. The first-order valence-electron chi connectivity index (χ1n) is 6.47. The smallest absolute Gasteiger partial charge is 0.0992 e. The molecule has 2 N–H and O–H groups in total. The standard InChI is InChI=1S/C15H23N3/c1-4-8-18(12-15(2,3)11-17)14-7-5-6-13(9-14)10-16/h5-7,9H,4,8,11-12,17H2,1-3H3. The predicted octanol–water partition coefficient (Wildman–Crippen LogP) is 2.76. The molecule has 1 rings (SSSR count). The van der Waals surface area contributed by atoms with E-state index in [2.05, 4.69) is 37.8 Å². The van der Waals surface area contributed by atoms with Gasteiger partial charge in [0.05, 0.1) is 11.6 Å². The predicted molar refractivity (Wildman–Crippen MR) is 76.5 cm³/mol. The first-order chi connectivity index (χ1) is 8.52. The fraction of sp³-hybridized carbons (Fsp3) is 0.533. The molecule has 0 aromatic heterocycles. The van der Waals surface area contributed by atoms with E-state index in [1.165, 1.54) is 0 Å². The van der Waals surface area contributed by atoms with Crippen LogP contribution in [0, 0.1) is 16.7 Å². The Hall–Kier alpha value is -1.53. The van der Waals surface area contributed by atoms with Crippen LogP contribution in [0.5, 0.6) is 0 Å². The number of nitrogens with two attached hydrogens (primary N) is 1. The third-order valence-electron chi connectivity index (χ3n) is 3.01. The zero-order valence-corrected chi connectivity index (χ0v) is 11.6. The molecule has 0 aliphatic carbocycles. The average Bonchev–Trinajstić information content (AvgIpc) is 2.38. The minimum atomic E-state index is 0.0812. The van der Waals surface area contributed by atoms with E-state index < -0.39 is 0 Å². The van der Waals surface area contributed by atoms with Gasteiger partial charge in [-0.3, -0.25) is 0 Å². The molecule has 0 saturated carbocycles. The van der Waals surface area contributed by atoms with E-state index in [1.807, 2.05) is 18.2 Å². The molecular formula is C15H23N3. The van der Waals surface area contributed by atoms with Gasteiger partial charge >= 0.3 is 0 Å². The Morgan fingerprint density at radius 2 is 2.11 bits per heavy atom. The van der Waals surface area contributed by atoms with E-state index in [-0.39, 0.29) is 5.41 Å². The van der Waals surface area contributed by atoms with Gasteiger partial charge < -0.3 is 10.6 Å². The number of benzene rings is 1. The van der Waals surface area contributed by atoms with Crippen LogP contribution in [0.4, 0.5) is 5.69 Å². The summed E-state index contributed by atoms with van der Waals surface area (Å²) >= 11 is 0. The highest BCUT2D eigenvalue weighted by atomic mass is 15.1. The number of nitrogens with zero attached hydrogens (tertiary/aromatic N) is 2. The molecule has 0 atom stereocenters. The second-order valence-electron chi connectivity index (χ2n) is 5.45. The van der Waals surface area contributed by atoms with Crippen molar-refractivity contribution in [1.29, 1.82) is 5.26 Å². The summed E-state index contributed by atoms with van der Waals surface area (Å²) in [5, 5.41) is 8.96. The molecule has 3 heteroatoms. The van der Waals surface area contributed by atoms with E-state index in [0.29, 0.717) is 12.1 Å². The van der Waals surface area contributed by atoms with Crippen LogP contribution in [0.3, 0.4) is 0 Å². The summed E-state index contributed by atoms with van der Waals surface area (Å²) in [5.74, 6) is 0. The van der Waals surface area contributed by atoms with Crippen molar-refractivity contribution >= 4 is 5.69 Å². The number of hydrogen-bond acceptors (Lipinski definition) is 3. The zero-order chi connectivity index (χ0) is 13.6. The van der Waals surface area contributed by atoms with Crippen LogP contribution in [0.2, 0.25) is 0 Å². The van der Waals surface area contributed by atoms with Gasteiger partial charge in [-0.1, -0.05) is 26.8 Å². The quantitative estimate of drug-likeness (QED) is 0.838. The lowest BCUT2D eigenvalue weighted by Gasteiger charge is -2.33. The Morgan fingerprint density at radius 3 is 2.67 bits per heavy atom. The van der Waals surface area contributed by atoms with Gasteiger partial charge in [0.1, 0.15) is 0 Å². The van der Waals surface area contributed by atoms with Crippen molar-refractivity contribution in [2.75, 3.05) is 24.5 Å². The van der Waals surface area contributed by atoms with Crippen LogP contribution in [0.25, 0.3) is 0 Å². The van der Waals surface area contributed by atoms with Gasteiger partial charge in [0, 0.05) is 18.8 Å². The Morgan fingerprint density at radius 1 is 1.39 bits per heavy atom. The molecule has 0 fully saturated rings. The lowest BCUT2D eigenvalue weighted by molar-refractivity contribution is 0.377. The molecule has 0 radical (unpaired) electrons. The van der Waals surface area contributed by atoms with Gasteiger partial charge in [0.25, 0.3) is 0 Å². The monoisotopic (exact) mass is 245 g/mol. The molecular weight excluding hydrogens is 222 g/mol. The van der Waals surface area contributed by atoms with Gasteiger partial charge in [0.15, 0.2) is 0 Å². The van der Waals surface area contributed by atoms with Crippen LogP contribution in [0.1, 0.15) is 32.8 Å². The van der Waals surface area contributed by atoms with Crippen LogP contribution >= 0.6 is 0 Å².